The first kappa shape index (κ1) is 24.3. The summed E-state index contributed by atoms with van der Waals surface area (Å²) in [5.41, 5.74) is 4.28. The molecule has 1 aromatic rings. The monoisotopic (exact) mass is 399 g/mol. The van der Waals surface area contributed by atoms with Gasteiger partial charge >= 0.3 is 0 Å². The van der Waals surface area contributed by atoms with E-state index in [1.165, 1.54) is 120 Å². The molecule has 0 unspecified atom stereocenters. The van der Waals surface area contributed by atoms with E-state index in [0.717, 1.165) is 18.4 Å². The molecule has 0 bridgehead atoms. The molecule has 1 nitrogen and oxygen atoms in total. The highest BCUT2D eigenvalue weighted by molar-refractivity contribution is 5.52. The van der Waals surface area contributed by atoms with Gasteiger partial charge in [0.1, 0.15) is 0 Å². The lowest BCUT2D eigenvalue weighted by Gasteiger charge is -2.28. The Labute approximate surface area is 182 Å². The SMILES string of the molecule is CCCCCCCCC[C@H]1CC[C@H](CCc2ccc(NCCCC)c(C)c2)CC1. The maximum Gasteiger partial charge on any atom is 0.0370 e. The van der Waals surface area contributed by atoms with Crippen molar-refractivity contribution >= 4 is 5.69 Å². The highest BCUT2D eigenvalue weighted by Gasteiger charge is 2.20. The Morgan fingerprint density at radius 1 is 0.759 bits per heavy atom. The van der Waals surface area contributed by atoms with Crippen molar-refractivity contribution < 1.29 is 0 Å². The Morgan fingerprint density at radius 2 is 1.38 bits per heavy atom. The summed E-state index contributed by atoms with van der Waals surface area (Å²) in [6.07, 6.45) is 22.8. The Morgan fingerprint density at radius 3 is 2.03 bits per heavy atom. The van der Waals surface area contributed by atoms with Gasteiger partial charge in [-0.15, -0.1) is 0 Å². The van der Waals surface area contributed by atoms with Crippen LogP contribution in [0.4, 0.5) is 5.69 Å². The van der Waals surface area contributed by atoms with E-state index >= 15 is 0 Å². The van der Waals surface area contributed by atoms with Crippen LogP contribution in [-0.2, 0) is 6.42 Å². The second-order valence-electron chi connectivity index (χ2n) is 9.77. The fourth-order valence-electron chi connectivity index (χ4n) is 5.05. The molecule has 0 atom stereocenters. The summed E-state index contributed by atoms with van der Waals surface area (Å²) in [7, 11) is 0. The largest absolute Gasteiger partial charge is 0.385 e. The molecule has 0 spiro atoms. The molecule has 166 valence electrons. The predicted octanol–water partition coefficient (Wildman–Crippen LogP) is 9.09. The molecule has 1 saturated carbocycles. The molecular formula is C28H49N. The summed E-state index contributed by atoms with van der Waals surface area (Å²) in [5, 5.41) is 3.58. The molecule has 0 heterocycles. The van der Waals surface area contributed by atoms with Crippen LogP contribution >= 0.6 is 0 Å². The lowest BCUT2D eigenvalue weighted by atomic mass is 9.77. The van der Waals surface area contributed by atoms with Crippen LogP contribution < -0.4 is 5.32 Å². The van der Waals surface area contributed by atoms with Crippen LogP contribution in [0.2, 0.25) is 0 Å². The van der Waals surface area contributed by atoms with Gasteiger partial charge in [0.2, 0.25) is 0 Å². The molecule has 1 aliphatic carbocycles. The first-order chi connectivity index (χ1) is 14.2. The molecule has 29 heavy (non-hydrogen) atoms. The summed E-state index contributed by atoms with van der Waals surface area (Å²) in [6.45, 7) is 7.91. The van der Waals surface area contributed by atoms with Gasteiger partial charge in [-0.1, -0.05) is 109 Å². The minimum absolute atomic E-state index is 0.975. The Kier molecular flexibility index (Phi) is 12.5. The second kappa shape index (κ2) is 14.9. The Hall–Kier alpha value is -0.980. The van der Waals surface area contributed by atoms with Crippen LogP contribution in [0.5, 0.6) is 0 Å². The maximum absolute atomic E-state index is 3.58. The molecule has 1 aromatic carbocycles. The third-order valence-corrected chi connectivity index (χ3v) is 7.16. The van der Waals surface area contributed by atoms with Gasteiger partial charge in [0.25, 0.3) is 0 Å². The highest BCUT2D eigenvalue weighted by Crippen LogP contribution is 2.34. The summed E-state index contributed by atoms with van der Waals surface area (Å²) in [6, 6.07) is 7.08. The quantitative estimate of drug-likeness (QED) is 0.290. The molecule has 1 aliphatic rings. The van der Waals surface area contributed by atoms with Gasteiger partial charge in [-0.3, -0.25) is 0 Å². The van der Waals surface area contributed by atoms with E-state index < -0.39 is 0 Å². The van der Waals surface area contributed by atoms with Crippen LogP contribution in [0.3, 0.4) is 0 Å². The first-order valence-electron chi connectivity index (χ1n) is 13.1. The number of hydrogen-bond acceptors (Lipinski definition) is 1. The number of unbranched alkanes of at least 4 members (excludes halogenated alkanes) is 7. The summed E-state index contributed by atoms with van der Waals surface area (Å²) < 4.78 is 0. The topological polar surface area (TPSA) is 12.0 Å². The summed E-state index contributed by atoms with van der Waals surface area (Å²) >= 11 is 0. The number of anilines is 1. The van der Waals surface area contributed by atoms with Crippen LogP contribution in [0.1, 0.15) is 121 Å². The predicted molar refractivity (Wildman–Crippen MR) is 131 cm³/mol. The average molecular weight is 400 g/mol. The lowest BCUT2D eigenvalue weighted by Crippen LogP contribution is -2.15. The molecule has 1 fully saturated rings. The molecule has 1 N–H and O–H groups in total. The second-order valence-corrected chi connectivity index (χ2v) is 9.77. The lowest BCUT2D eigenvalue weighted by molar-refractivity contribution is 0.248. The standard InChI is InChI=1S/C28H49N/c1-4-6-8-9-10-11-12-13-25-14-16-26(17-15-25)18-19-27-20-21-28(24(3)23-27)29-22-7-5-2/h20-21,23,25-26,29H,4-19,22H2,1-3H3/t25-,26-. The number of nitrogens with one attached hydrogen (secondary N) is 1. The van der Waals surface area contributed by atoms with Gasteiger partial charge in [-0.25, -0.2) is 0 Å². The van der Waals surface area contributed by atoms with Gasteiger partial charge in [0.05, 0.1) is 0 Å². The average Bonchev–Trinajstić information content (AvgIpc) is 2.74. The highest BCUT2D eigenvalue weighted by atomic mass is 14.9. The van der Waals surface area contributed by atoms with E-state index in [2.05, 4.69) is 44.3 Å². The van der Waals surface area contributed by atoms with E-state index in [1.54, 1.807) is 0 Å². The smallest absolute Gasteiger partial charge is 0.0370 e. The van der Waals surface area contributed by atoms with Crippen molar-refractivity contribution in [1.82, 2.24) is 0 Å². The molecule has 2 rings (SSSR count). The van der Waals surface area contributed by atoms with E-state index in [1.807, 2.05) is 0 Å². The zero-order valence-electron chi connectivity index (χ0n) is 19.9. The number of benzene rings is 1. The van der Waals surface area contributed by atoms with E-state index in [9.17, 15) is 0 Å². The molecule has 0 aliphatic heterocycles. The first-order valence-corrected chi connectivity index (χ1v) is 13.1. The van der Waals surface area contributed by atoms with Gasteiger partial charge in [-0.05, 0) is 55.2 Å². The van der Waals surface area contributed by atoms with Crippen LogP contribution in [0.25, 0.3) is 0 Å². The molecule has 0 amide bonds. The van der Waals surface area contributed by atoms with Gasteiger partial charge in [0.15, 0.2) is 0 Å². The number of hydrogen-bond donors (Lipinski definition) is 1. The van der Waals surface area contributed by atoms with Crippen molar-refractivity contribution in [2.24, 2.45) is 11.8 Å². The van der Waals surface area contributed by atoms with Crippen molar-refractivity contribution in [2.75, 3.05) is 11.9 Å². The Bertz CT molecular complexity index is 527. The minimum atomic E-state index is 0.975. The normalized spacial score (nSPS) is 19.4. The third-order valence-electron chi connectivity index (χ3n) is 7.16. The van der Waals surface area contributed by atoms with Crippen molar-refractivity contribution in [3.05, 3.63) is 29.3 Å². The van der Waals surface area contributed by atoms with Crippen LogP contribution in [-0.4, -0.2) is 6.54 Å². The fraction of sp³-hybridized carbons (Fsp3) is 0.786. The number of aryl methyl sites for hydroxylation is 2. The maximum atomic E-state index is 3.58. The van der Waals surface area contributed by atoms with Crippen LogP contribution in [0.15, 0.2) is 18.2 Å². The van der Waals surface area contributed by atoms with Gasteiger partial charge in [-0.2, -0.15) is 0 Å². The molecule has 1 heteroatoms. The summed E-state index contributed by atoms with van der Waals surface area (Å²) in [4.78, 5) is 0. The fourth-order valence-corrected chi connectivity index (χ4v) is 5.05. The zero-order chi connectivity index (χ0) is 20.7. The van der Waals surface area contributed by atoms with E-state index in [0.29, 0.717) is 0 Å². The zero-order valence-corrected chi connectivity index (χ0v) is 19.9. The summed E-state index contributed by atoms with van der Waals surface area (Å²) in [5.74, 6) is 2.01. The molecule has 0 radical (unpaired) electrons. The molecule has 0 saturated heterocycles. The van der Waals surface area contributed by atoms with Crippen molar-refractivity contribution in [3.63, 3.8) is 0 Å². The van der Waals surface area contributed by atoms with Crippen molar-refractivity contribution in [3.8, 4) is 0 Å². The van der Waals surface area contributed by atoms with Crippen LogP contribution in [0, 0.1) is 18.8 Å². The van der Waals surface area contributed by atoms with Gasteiger partial charge in [0, 0.05) is 12.2 Å². The van der Waals surface area contributed by atoms with Crippen molar-refractivity contribution in [1.29, 1.82) is 0 Å². The van der Waals surface area contributed by atoms with E-state index in [4.69, 9.17) is 0 Å². The van der Waals surface area contributed by atoms with Gasteiger partial charge < -0.3 is 5.32 Å². The van der Waals surface area contributed by atoms with Crippen molar-refractivity contribution in [2.45, 2.75) is 124 Å². The Balaban J connectivity index is 1.57. The molecular weight excluding hydrogens is 350 g/mol. The number of rotatable bonds is 15. The minimum Gasteiger partial charge on any atom is -0.385 e. The van der Waals surface area contributed by atoms with E-state index in [-0.39, 0.29) is 0 Å². The molecule has 0 aromatic heterocycles. The third kappa shape index (κ3) is 10.1.